The molecule has 0 aliphatic carbocycles. The molecule has 0 saturated carbocycles. The summed E-state index contributed by atoms with van der Waals surface area (Å²) in [6.45, 7) is 4.56. The minimum Gasteiger partial charge on any atom is -0.376 e. The fourth-order valence-corrected chi connectivity index (χ4v) is 3.10. The first kappa shape index (κ1) is 32.8. The number of quaternary nitrogens is 2. The number of unbranched alkanes of at least 4 members (excludes halogenated alkanes) is 3. The summed E-state index contributed by atoms with van der Waals surface area (Å²) in [6, 6.07) is 0. The first-order chi connectivity index (χ1) is 12.2. The lowest BCUT2D eigenvalue weighted by molar-refractivity contribution is -0.872. The maximum absolute atomic E-state index is 10.4. The van der Waals surface area contributed by atoms with Crippen LogP contribution in [-0.4, -0.2) is 106 Å². The van der Waals surface area contributed by atoms with Crippen LogP contribution < -0.4 is 0 Å². The third kappa shape index (κ3) is 26.1. The van der Waals surface area contributed by atoms with Crippen LogP contribution in [0.3, 0.4) is 0 Å². The molecule has 0 aromatic heterocycles. The number of nitrogens with zero attached hydrogens (tertiary/aromatic N) is 2. The zero-order chi connectivity index (χ0) is 23.4. The zero-order valence-electron chi connectivity index (χ0n) is 18.7. The summed E-state index contributed by atoms with van der Waals surface area (Å²) in [7, 11) is 1.87. The average molecular weight is 454 g/mol. The maximum atomic E-state index is 10.4. The third-order valence-corrected chi connectivity index (χ3v) is 5.04. The Hall–Kier alpha value is 0.140. The first-order valence-corrected chi connectivity index (χ1v) is 12.6. The van der Waals surface area contributed by atoms with Gasteiger partial charge in [0.05, 0.1) is 42.3 Å². The minimum absolute atomic E-state index is 0.0459. The molecule has 0 bridgehead atoms. The van der Waals surface area contributed by atoms with Gasteiger partial charge < -0.3 is 38.8 Å². The Bertz CT molecular complexity index is 436. The van der Waals surface area contributed by atoms with Crippen molar-refractivity contribution in [2.24, 2.45) is 0 Å². The molecule has 6 N–H and O–H groups in total. The summed E-state index contributed by atoms with van der Waals surface area (Å²) in [5.74, 6) is -3.11. The number of hydrogen-bond donors (Lipinski definition) is 6. The van der Waals surface area contributed by atoms with Gasteiger partial charge in [-0.05, 0) is 0 Å². The molecule has 10 nitrogen and oxygen atoms in total. The van der Waals surface area contributed by atoms with Gasteiger partial charge in [-0.3, -0.25) is 9.13 Å². The highest BCUT2D eigenvalue weighted by Gasteiger charge is 2.32. The van der Waals surface area contributed by atoms with E-state index in [2.05, 4.69) is 13.8 Å². The summed E-state index contributed by atoms with van der Waals surface area (Å²) in [4.78, 5) is 34.0. The molecule has 12 heteroatoms. The van der Waals surface area contributed by atoms with E-state index in [1.807, 2.05) is 0 Å². The Morgan fingerprint density at radius 3 is 0.929 bits per heavy atom. The Kier molecular flexibility index (Phi) is 16.6. The SMILES string of the molecule is CCCCCC.C[N+](C)(C)CC(O)P(=O)(O)O.C[N+](C)(C)CC(O)P(=O)(O)O. The summed E-state index contributed by atoms with van der Waals surface area (Å²) >= 11 is 0. The zero-order valence-corrected chi connectivity index (χ0v) is 20.5. The van der Waals surface area contributed by atoms with Crippen molar-refractivity contribution in [1.82, 2.24) is 0 Å². The Labute approximate surface area is 170 Å². The van der Waals surface area contributed by atoms with Crippen LogP contribution in [-0.2, 0) is 9.13 Å². The molecule has 174 valence electrons. The summed E-state index contributed by atoms with van der Waals surface area (Å²) in [5, 5.41) is 17.9. The van der Waals surface area contributed by atoms with Crippen molar-refractivity contribution in [1.29, 1.82) is 0 Å². The smallest absolute Gasteiger partial charge is 0.359 e. The molecule has 28 heavy (non-hydrogen) atoms. The number of aliphatic hydroxyl groups is 2. The molecule has 0 aromatic rings. The van der Waals surface area contributed by atoms with Crippen molar-refractivity contribution in [2.75, 3.05) is 55.4 Å². The van der Waals surface area contributed by atoms with Gasteiger partial charge >= 0.3 is 15.2 Å². The highest BCUT2D eigenvalue weighted by atomic mass is 31.2. The highest BCUT2D eigenvalue weighted by molar-refractivity contribution is 7.52. The Balaban J connectivity index is -0.000000351. The maximum Gasteiger partial charge on any atom is 0.359 e. The molecule has 0 rings (SSSR count). The van der Waals surface area contributed by atoms with E-state index in [1.54, 1.807) is 42.3 Å². The van der Waals surface area contributed by atoms with Crippen LogP contribution in [0.4, 0.5) is 0 Å². The molecule has 2 unspecified atom stereocenters. The molecule has 0 radical (unpaired) electrons. The molecular formula is C16H44N2O8P2+2. The van der Waals surface area contributed by atoms with E-state index in [1.165, 1.54) is 25.7 Å². The van der Waals surface area contributed by atoms with Crippen LogP contribution in [0.1, 0.15) is 39.5 Å². The average Bonchev–Trinajstić information content (AvgIpc) is 2.41. The second-order valence-electron chi connectivity index (χ2n) is 8.79. The Morgan fingerprint density at radius 1 is 0.643 bits per heavy atom. The molecule has 0 saturated heterocycles. The molecular weight excluding hydrogens is 410 g/mol. The van der Waals surface area contributed by atoms with E-state index >= 15 is 0 Å². The van der Waals surface area contributed by atoms with Crippen molar-refractivity contribution in [3.63, 3.8) is 0 Å². The van der Waals surface area contributed by atoms with Gasteiger partial charge in [0.1, 0.15) is 13.1 Å². The van der Waals surface area contributed by atoms with Gasteiger partial charge in [-0.1, -0.05) is 39.5 Å². The number of rotatable bonds is 9. The van der Waals surface area contributed by atoms with E-state index < -0.39 is 26.9 Å². The minimum atomic E-state index is -4.31. The quantitative estimate of drug-likeness (QED) is 0.171. The van der Waals surface area contributed by atoms with Gasteiger partial charge in [-0.25, -0.2) is 0 Å². The summed E-state index contributed by atoms with van der Waals surface area (Å²) in [6.07, 6.45) is 5.54. The predicted molar refractivity (Wildman–Crippen MR) is 112 cm³/mol. The molecule has 0 aliphatic rings. The normalized spacial score (nSPS) is 14.9. The lowest BCUT2D eigenvalue weighted by Crippen LogP contribution is -2.41. The molecule has 0 aromatic carbocycles. The predicted octanol–water partition coefficient (Wildman–Crippen LogP) is 0.964. The van der Waals surface area contributed by atoms with Crippen LogP contribution >= 0.6 is 15.2 Å². The van der Waals surface area contributed by atoms with Crippen LogP contribution in [0.15, 0.2) is 0 Å². The van der Waals surface area contributed by atoms with Gasteiger partial charge in [-0.2, -0.15) is 0 Å². The fourth-order valence-electron chi connectivity index (χ4n) is 1.69. The second-order valence-corrected chi connectivity index (χ2v) is 12.3. The lowest BCUT2D eigenvalue weighted by Gasteiger charge is -2.26. The topological polar surface area (TPSA) is 156 Å². The molecule has 0 spiro atoms. The number of aliphatic hydroxyl groups excluding tert-OH is 2. The second kappa shape index (κ2) is 14.2. The largest absolute Gasteiger partial charge is 0.376 e. The Morgan fingerprint density at radius 2 is 0.857 bits per heavy atom. The summed E-state index contributed by atoms with van der Waals surface area (Å²) < 4.78 is 21.5. The van der Waals surface area contributed by atoms with Crippen molar-refractivity contribution < 1.29 is 47.9 Å². The van der Waals surface area contributed by atoms with Crippen LogP contribution in [0.5, 0.6) is 0 Å². The van der Waals surface area contributed by atoms with Gasteiger partial charge in [0.15, 0.2) is 0 Å². The third-order valence-electron chi connectivity index (χ3n) is 3.16. The van der Waals surface area contributed by atoms with Gasteiger partial charge in [0.25, 0.3) is 0 Å². The van der Waals surface area contributed by atoms with Gasteiger partial charge in [0.2, 0.25) is 11.7 Å². The molecule has 0 aliphatic heterocycles. The molecule has 0 amide bonds. The number of likely N-dealkylation sites (N-methyl/N-ethyl adjacent to an activating group) is 2. The lowest BCUT2D eigenvalue weighted by atomic mass is 10.2. The van der Waals surface area contributed by atoms with E-state index in [4.69, 9.17) is 29.8 Å². The van der Waals surface area contributed by atoms with Crippen molar-refractivity contribution >= 4 is 15.2 Å². The van der Waals surface area contributed by atoms with Crippen LogP contribution in [0.25, 0.3) is 0 Å². The number of hydrogen-bond acceptors (Lipinski definition) is 4. The van der Waals surface area contributed by atoms with E-state index in [9.17, 15) is 9.13 Å². The van der Waals surface area contributed by atoms with Crippen molar-refractivity contribution in [3.8, 4) is 0 Å². The van der Waals surface area contributed by atoms with Crippen LogP contribution in [0.2, 0.25) is 0 Å². The fraction of sp³-hybridized carbons (Fsp3) is 1.00. The van der Waals surface area contributed by atoms with E-state index in [-0.39, 0.29) is 13.1 Å². The monoisotopic (exact) mass is 454 g/mol. The standard InChI is InChI=1S/C6H14.2C5H14NO4P/c1-3-5-6-4-2;2*1-6(2,3)4-5(7)11(8,9)10/h3-6H2,1-2H3;2*5,7H,4H2,1-3H3,(H-,8,9,10)/p+2. The highest BCUT2D eigenvalue weighted by Crippen LogP contribution is 2.40. The molecule has 2 atom stereocenters. The van der Waals surface area contributed by atoms with Crippen LogP contribution in [0, 0.1) is 0 Å². The van der Waals surface area contributed by atoms with Crippen molar-refractivity contribution in [3.05, 3.63) is 0 Å². The summed E-state index contributed by atoms with van der Waals surface area (Å²) in [5.41, 5.74) is 0. The molecule has 0 heterocycles. The van der Waals surface area contributed by atoms with Crippen molar-refractivity contribution in [2.45, 2.75) is 51.2 Å². The first-order valence-electron chi connectivity index (χ1n) is 9.24. The van der Waals surface area contributed by atoms with Gasteiger partial charge in [0, 0.05) is 0 Å². The molecule has 0 fully saturated rings. The van der Waals surface area contributed by atoms with E-state index in [0.717, 1.165) is 0 Å². The van der Waals surface area contributed by atoms with Gasteiger partial charge in [-0.15, -0.1) is 0 Å². The van der Waals surface area contributed by atoms with E-state index in [0.29, 0.717) is 8.97 Å².